The van der Waals surface area contributed by atoms with Crippen LogP contribution in [0.2, 0.25) is 0 Å². The molecule has 0 radical (unpaired) electrons. The van der Waals surface area contributed by atoms with Crippen molar-refractivity contribution in [2.24, 2.45) is 0 Å². The van der Waals surface area contributed by atoms with E-state index in [4.69, 9.17) is 9.47 Å². The van der Waals surface area contributed by atoms with Crippen LogP contribution in [0, 0.1) is 11.3 Å². The zero-order valence-corrected chi connectivity index (χ0v) is 19.3. The minimum atomic E-state index is -0.603. The number of benzene rings is 2. The molecular formula is C26H24N2O4S. The number of allylic oxidation sites excluding steroid dienone is 2. The van der Waals surface area contributed by atoms with Crippen molar-refractivity contribution >= 4 is 23.5 Å². The number of nitrogens with one attached hydrogen (secondary N) is 1. The molecule has 0 unspecified atom stereocenters. The van der Waals surface area contributed by atoms with Gasteiger partial charge in [0.15, 0.2) is 5.78 Å². The number of Topliss-reactive ketones (excluding diaryl/α,β-unsaturated/α-hetero) is 1. The molecule has 0 saturated heterocycles. The lowest BCUT2D eigenvalue weighted by atomic mass is 9.82. The van der Waals surface area contributed by atoms with Crippen molar-refractivity contribution in [2.75, 3.05) is 19.5 Å². The minimum absolute atomic E-state index is 0.0701. The molecule has 6 nitrogen and oxygen atoms in total. The van der Waals surface area contributed by atoms with Crippen molar-refractivity contribution < 1.29 is 19.1 Å². The van der Waals surface area contributed by atoms with E-state index in [9.17, 15) is 14.9 Å². The zero-order chi connectivity index (χ0) is 23.8. The first kappa shape index (κ1) is 23.9. The molecule has 0 amide bonds. The summed E-state index contributed by atoms with van der Waals surface area (Å²) in [7, 11) is 1.57. The number of thioether (sulfide) groups is 1. The largest absolute Gasteiger partial charge is 0.497 e. The molecule has 0 aromatic heterocycles. The SMILES string of the molecule is C=CCOC(=O)C1=C(C)NC(SCC(=O)c2ccc(OC)cc2)=C(C#N)[C@@H]1c1ccccc1. The smallest absolute Gasteiger partial charge is 0.337 e. The van der Waals surface area contributed by atoms with Crippen LogP contribution in [0.3, 0.4) is 0 Å². The van der Waals surface area contributed by atoms with Crippen LogP contribution in [-0.2, 0) is 9.53 Å². The standard InChI is InChI=1S/C26H24N2O4S/c1-4-14-32-26(30)23-17(2)28-25(21(15-27)24(23)19-8-6-5-7-9-19)33-16-22(29)18-10-12-20(31-3)13-11-18/h4-13,24,28H,1,14,16H2,2-3H3/t24-/m0/s1. The van der Waals surface area contributed by atoms with Gasteiger partial charge in [-0.1, -0.05) is 54.7 Å². The van der Waals surface area contributed by atoms with Crippen molar-refractivity contribution in [3.05, 3.63) is 100 Å². The second-order valence-electron chi connectivity index (χ2n) is 7.19. The summed E-state index contributed by atoms with van der Waals surface area (Å²) in [5.41, 5.74) is 2.66. The molecule has 0 fully saturated rings. The van der Waals surface area contributed by atoms with E-state index >= 15 is 0 Å². The van der Waals surface area contributed by atoms with E-state index in [1.54, 1.807) is 38.3 Å². The Bertz CT molecular complexity index is 1150. The Balaban J connectivity index is 1.91. The molecule has 33 heavy (non-hydrogen) atoms. The van der Waals surface area contributed by atoms with E-state index < -0.39 is 11.9 Å². The van der Waals surface area contributed by atoms with Gasteiger partial charge in [0.25, 0.3) is 0 Å². The molecule has 1 heterocycles. The van der Waals surface area contributed by atoms with E-state index in [-0.39, 0.29) is 18.1 Å². The summed E-state index contributed by atoms with van der Waals surface area (Å²) in [6.07, 6.45) is 1.49. The Labute approximate surface area is 197 Å². The number of methoxy groups -OCH3 is 1. The molecule has 2 aromatic carbocycles. The predicted octanol–water partition coefficient (Wildman–Crippen LogP) is 4.74. The number of esters is 1. The lowest BCUT2D eigenvalue weighted by Gasteiger charge is -2.29. The van der Waals surface area contributed by atoms with Crippen molar-refractivity contribution in [3.63, 3.8) is 0 Å². The topological polar surface area (TPSA) is 88.4 Å². The summed E-state index contributed by atoms with van der Waals surface area (Å²) in [4.78, 5) is 25.6. The normalized spacial score (nSPS) is 15.4. The molecule has 0 saturated carbocycles. The van der Waals surface area contributed by atoms with Gasteiger partial charge in [0.1, 0.15) is 12.4 Å². The van der Waals surface area contributed by atoms with E-state index in [1.807, 2.05) is 30.3 Å². The van der Waals surface area contributed by atoms with Gasteiger partial charge >= 0.3 is 5.97 Å². The maximum Gasteiger partial charge on any atom is 0.337 e. The second-order valence-corrected chi connectivity index (χ2v) is 8.18. The van der Waals surface area contributed by atoms with E-state index in [2.05, 4.69) is 18.0 Å². The Morgan fingerprint density at radius 1 is 1.18 bits per heavy atom. The second kappa shape index (κ2) is 11.2. The van der Waals surface area contributed by atoms with Crippen molar-refractivity contribution in [2.45, 2.75) is 12.8 Å². The van der Waals surface area contributed by atoms with E-state index in [1.165, 1.54) is 17.8 Å². The molecule has 1 N–H and O–H groups in total. The maximum absolute atomic E-state index is 12.9. The average molecular weight is 461 g/mol. The van der Waals surface area contributed by atoms with Gasteiger partial charge in [-0.05, 0) is 36.8 Å². The highest BCUT2D eigenvalue weighted by atomic mass is 32.2. The fourth-order valence-corrected chi connectivity index (χ4v) is 4.47. The Hall–Kier alpha value is -3.76. The molecule has 168 valence electrons. The summed E-state index contributed by atoms with van der Waals surface area (Å²) in [6.45, 7) is 5.41. The third-order valence-electron chi connectivity index (χ3n) is 5.09. The monoisotopic (exact) mass is 460 g/mol. The predicted molar refractivity (Wildman–Crippen MR) is 129 cm³/mol. The molecule has 0 bridgehead atoms. The first-order valence-corrected chi connectivity index (χ1v) is 11.2. The Kier molecular flexibility index (Phi) is 8.11. The molecular weight excluding hydrogens is 436 g/mol. The van der Waals surface area contributed by atoms with Crippen LogP contribution in [0.15, 0.2) is 89.1 Å². The molecule has 1 aliphatic heterocycles. The quantitative estimate of drug-likeness (QED) is 0.329. The number of rotatable bonds is 9. The number of ketones is 1. The lowest BCUT2D eigenvalue weighted by Crippen LogP contribution is -2.29. The van der Waals surface area contributed by atoms with Crippen LogP contribution in [-0.4, -0.2) is 31.2 Å². The molecule has 2 aromatic rings. The van der Waals surface area contributed by atoms with Crippen LogP contribution in [0.4, 0.5) is 0 Å². The molecule has 0 spiro atoms. The number of nitriles is 1. The lowest BCUT2D eigenvalue weighted by molar-refractivity contribution is -0.138. The summed E-state index contributed by atoms with van der Waals surface area (Å²) < 4.78 is 10.4. The molecule has 1 aliphatic rings. The third kappa shape index (κ3) is 5.54. The van der Waals surface area contributed by atoms with Crippen molar-refractivity contribution in [1.82, 2.24) is 5.32 Å². The average Bonchev–Trinajstić information content (AvgIpc) is 2.85. The number of ether oxygens (including phenoxy) is 2. The molecule has 1 atom stereocenters. The minimum Gasteiger partial charge on any atom is -0.497 e. The highest BCUT2D eigenvalue weighted by molar-refractivity contribution is 8.03. The van der Waals surface area contributed by atoms with Gasteiger partial charge in [-0.2, -0.15) is 5.26 Å². The number of hydrogen-bond acceptors (Lipinski definition) is 7. The van der Waals surface area contributed by atoms with Gasteiger partial charge in [-0.3, -0.25) is 4.79 Å². The molecule has 7 heteroatoms. The van der Waals surface area contributed by atoms with Gasteiger partial charge < -0.3 is 14.8 Å². The van der Waals surface area contributed by atoms with Crippen LogP contribution >= 0.6 is 11.8 Å². The van der Waals surface area contributed by atoms with Gasteiger partial charge in [-0.25, -0.2) is 4.79 Å². The zero-order valence-electron chi connectivity index (χ0n) is 18.5. The number of carbonyl (C=O) groups excluding carboxylic acids is 2. The highest BCUT2D eigenvalue weighted by Gasteiger charge is 2.35. The van der Waals surface area contributed by atoms with E-state index in [0.29, 0.717) is 33.2 Å². The van der Waals surface area contributed by atoms with Crippen LogP contribution in [0.5, 0.6) is 5.75 Å². The van der Waals surface area contributed by atoms with Gasteiger partial charge in [0.2, 0.25) is 0 Å². The van der Waals surface area contributed by atoms with Gasteiger partial charge in [0.05, 0.1) is 41.0 Å². The fourth-order valence-electron chi connectivity index (χ4n) is 3.49. The Morgan fingerprint density at radius 2 is 1.88 bits per heavy atom. The Morgan fingerprint density at radius 3 is 2.48 bits per heavy atom. The fraction of sp³-hybridized carbons (Fsp3) is 0.192. The first-order chi connectivity index (χ1) is 16.0. The summed E-state index contributed by atoms with van der Waals surface area (Å²) >= 11 is 1.24. The number of nitrogens with zero attached hydrogens (tertiary/aromatic N) is 1. The van der Waals surface area contributed by atoms with Crippen LogP contribution in [0.1, 0.15) is 28.8 Å². The van der Waals surface area contributed by atoms with Crippen molar-refractivity contribution in [3.8, 4) is 11.8 Å². The summed E-state index contributed by atoms with van der Waals surface area (Å²) in [5, 5.41) is 13.7. The molecule has 3 rings (SSSR count). The van der Waals surface area contributed by atoms with Crippen molar-refractivity contribution in [1.29, 1.82) is 5.26 Å². The van der Waals surface area contributed by atoms with Crippen LogP contribution in [0.25, 0.3) is 0 Å². The van der Waals surface area contributed by atoms with Crippen LogP contribution < -0.4 is 10.1 Å². The summed E-state index contributed by atoms with van der Waals surface area (Å²) in [6, 6.07) is 18.4. The first-order valence-electron chi connectivity index (χ1n) is 10.2. The van der Waals surface area contributed by atoms with Gasteiger partial charge in [-0.15, -0.1) is 0 Å². The number of hydrogen-bond donors (Lipinski definition) is 1. The molecule has 0 aliphatic carbocycles. The van der Waals surface area contributed by atoms with E-state index in [0.717, 1.165) is 5.56 Å². The summed E-state index contributed by atoms with van der Waals surface area (Å²) in [5.74, 6) is -0.397. The highest BCUT2D eigenvalue weighted by Crippen LogP contribution is 2.41. The number of dihydropyridines is 1. The number of carbonyl (C=O) groups is 2. The maximum atomic E-state index is 12.9. The third-order valence-corrected chi connectivity index (χ3v) is 6.11. The van der Waals surface area contributed by atoms with Gasteiger partial charge in [0, 0.05) is 11.3 Å².